The van der Waals surface area contributed by atoms with E-state index in [4.69, 9.17) is 13.7 Å². The average molecular weight is 461 g/mol. The number of carbonyl (C=O) groups is 1. The van der Waals surface area contributed by atoms with Gasteiger partial charge in [0, 0.05) is 24.6 Å². The molecule has 174 valence electrons. The predicted octanol–water partition coefficient (Wildman–Crippen LogP) is 5.44. The van der Waals surface area contributed by atoms with Crippen LogP contribution in [0.25, 0.3) is 11.3 Å². The topological polar surface area (TPSA) is 81.6 Å². The Kier molecular flexibility index (Phi) is 6.12. The van der Waals surface area contributed by atoms with E-state index >= 15 is 0 Å². The van der Waals surface area contributed by atoms with Gasteiger partial charge in [-0.2, -0.15) is 0 Å². The van der Waals surface area contributed by atoms with E-state index in [2.05, 4.69) is 10.1 Å². The molecule has 2 aromatic carbocycles. The number of rotatable bonds is 6. The van der Waals surface area contributed by atoms with Gasteiger partial charge in [0.1, 0.15) is 29.1 Å². The number of likely N-dealkylation sites (tertiary alicyclic amines) is 1. The number of benzene rings is 2. The number of piperidine rings is 1. The molecule has 1 fully saturated rings. The molecule has 5 rings (SSSR count). The fourth-order valence-corrected chi connectivity index (χ4v) is 4.25. The van der Waals surface area contributed by atoms with E-state index in [1.165, 1.54) is 12.1 Å². The molecular formula is C26H24FN3O4. The molecule has 0 bridgehead atoms. The van der Waals surface area contributed by atoms with Gasteiger partial charge in [-0.25, -0.2) is 9.37 Å². The Bertz CT molecular complexity index is 1280. The van der Waals surface area contributed by atoms with E-state index in [-0.39, 0.29) is 23.5 Å². The first-order chi connectivity index (χ1) is 16.6. The van der Waals surface area contributed by atoms with E-state index in [1.54, 1.807) is 36.4 Å². The van der Waals surface area contributed by atoms with Crippen LogP contribution < -0.4 is 4.74 Å². The molecule has 1 aliphatic rings. The van der Waals surface area contributed by atoms with Crippen molar-refractivity contribution in [1.82, 2.24) is 15.0 Å². The highest BCUT2D eigenvalue weighted by molar-refractivity contribution is 5.92. The number of ether oxygens (including phenoxy) is 1. The summed E-state index contributed by atoms with van der Waals surface area (Å²) in [4.78, 5) is 19.5. The van der Waals surface area contributed by atoms with Crippen LogP contribution in [-0.2, 0) is 6.42 Å². The lowest BCUT2D eigenvalue weighted by molar-refractivity contribution is 0.0528. The fourth-order valence-electron chi connectivity index (χ4n) is 4.25. The quantitative estimate of drug-likeness (QED) is 0.381. The van der Waals surface area contributed by atoms with Crippen LogP contribution >= 0.6 is 0 Å². The monoisotopic (exact) mass is 461 g/mol. The molecule has 7 nitrogen and oxygen atoms in total. The van der Waals surface area contributed by atoms with Crippen LogP contribution in [0.15, 0.2) is 69.7 Å². The first-order valence-corrected chi connectivity index (χ1v) is 11.2. The van der Waals surface area contributed by atoms with Gasteiger partial charge in [0.25, 0.3) is 5.91 Å². The minimum Gasteiger partial charge on any atom is -0.497 e. The summed E-state index contributed by atoms with van der Waals surface area (Å²) in [5, 5.41) is 4.00. The third-order valence-corrected chi connectivity index (χ3v) is 5.99. The lowest BCUT2D eigenvalue weighted by Crippen LogP contribution is -2.38. The maximum Gasteiger partial charge on any atom is 0.293 e. The summed E-state index contributed by atoms with van der Waals surface area (Å²) in [5.74, 6) is 1.56. The molecule has 2 aromatic heterocycles. The van der Waals surface area contributed by atoms with Crippen LogP contribution in [-0.4, -0.2) is 34.6 Å². The number of amides is 1. The molecule has 1 aliphatic heterocycles. The SMILES string of the molecule is COc1cccc(Cc2cnc([C@H]3CCCCN3C(=O)c3cc(-c4ccc(F)cc4)no3)o2)c1. The third-order valence-electron chi connectivity index (χ3n) is 5.99. The number of halogens is 1. The molecule has 0 N–H and O–H groups in total. The molecule has 1 saturated heterocycles. The number of carbonyl (C=O) groups excluding carboxylic acids is 1. The van der Waals surface area contributed by atoms with E-state index in [0.29, 0.717) is 30.1 Å². The number of hydrogen-bond acceptors (Lipinski definition) is 6. The van der Waals surface area contributed by atoms with E-state index < -0.39 is 0 Å². The summed E-state index contributed by atoms with van der Waals surface area (Å²) in [7, 11) is 1.64. The van der Waals surface area contributed by atoms with Gasteiger partial charge in [-0.1, -0.05) is 17.3 Å². The standard InChI is InChI=1S/C26H24FN3O4/c1-32-20-6-4-5-17(13-20)14-21-16-28-25(33-21)23-7-2-3-12-30(23)26(31)24-15-22(29-34-24)18-8-10-19(27)11-9-18/h4-6,8-11,13,15-16,23H,2-3,7,12,14H2,1H3/t23-/m1/s1. The zero-order chi connectivity index (χ0) is 23.5. The number of oxazole rings is 1. The molecule has 4 aromatic rings. The van der Waals surface area contributed by atoms with Crippen molar-refractivity contribution in [2.45, 2.75) is 31.7 Å². The van der Waals surface area contributed by atoms with Gasteiger partial charge in [-0.15, -0.1) is 0 Å². The molecular weight excluding hydrogens is 437 g/mol. The van der Waals surface area contributed by atoms with Gasteiger partial charge in [-0.05, 0) is 61.2 Å². The number of aromatic nitrogens is 2. The predicted molar refractivity (Wildman–Crippen MR) is 122 cm³/mol. The largest absolute Gasteiger partial charge is 0.497 e. The summed E-state index contributed by atoms with van der Waals surface area (Å²) in [6.45, 7) is 0.573. The first-order valence-electron chi connectivity index (χ1n) is 11.2. The van der Waals surface area contributed by atoms with Crippen molar-refractivity contribution in [2.24, 2.45) is 0 Å². The molecule has 0 saturated carbocycles. The molecule has 34 heavy (non-hydrogen) atoms. The minimum absolute atomic E-state index is 0.134. The van der Waals surface area contributed by atoms with E-state index in [9.17, 15) is 9.18 Å². The molecule has 0 unspecified atom stereocenters. The van der Waals surface area contributed by atoms with Crippen molar-refractivity contribution in [3.05, 3.63) is 89.6 Å². The van der Waals surface area contributed by atoms with Gasteiger partial charge < -0.3 is 18.6 Å². The van der Waals surface area contributed by atoms with E-state index in [0.717, 1.165) is 36.3 Å². The normalized spacial score (nSPS) is 15.9. The van der Waals surface area contributed by atoms with Gasteiger partial charge in [0.2, 0.25) is 11.7 Å². The summed E-state index contributed by atoms with van der Waals surface area (Å²) in [5.41, 5.74) is 2.21. The zero-order valence-corrected chi connectivity index (χ0v) is 18.7. The highest BCUT2D eigenvalue weighted by Crippen LogP contribution is 2.33. The minimum atomic E-state index is -0.337. The number of hydrogen-bond donors (Lipinski definition) is 0. The van der Waals surface area contributed by atoms with Crippen LogP contribution in [0.4, 0.5) is 4.39 Å². The van der Waals surface area contributed by atoms with Crippen LogP contribution in [0, 0.1) is 5.82 Å². The summed E-state index contributed by atoms with van der Waals surface area (Å²) in [6.07, 6.45) is 4.91. The van der Waals surface area contributed by atoms with Crippen LogP contribution in [0.1, 0.15) is 53.1 Å². The maximum atomic E-state index is 13.3. The van der Waals surface area contributed by atoms with Crippen LogP contribution in [0.3, 0.4) is 0 Å². The summed E-state index contributed by atoms with van der Waals surface area (Å²) < 4.78 is 29.9. The fraction of sp³-hybridized carbons (Fsp3) is 0.269. The van der Waals surface area contributed by atoms with Crippen LogP contribution in [0.2, 0.25) is 0 Å². The Morgan fingerprint density at radius 1 is 1.18 bits per heavy atom. The molecule has 0 aliphatic carbocycles. The number of methoxy groups -OCH3 is 1. The van der Waals surface area contributed by atoms with Crippen molar-refractivity contribution in [3.8, 4) is 17.0 Å². The van der Waals surface area contributed by atoms with Gasteiger partial charge in [0.15, 0.2) is 0 Å². The van der Waals surface area contributed by atoms with Crippen molar-refractivity contribution < 1.29 is 22.9 Å². The second kappa shape index (κ2) is 9.51. The van der Waals surface area contributed by atoms with Gasteiger partial charge >= 0.3 is 0 Å². The average Bonchev–Trinajstić information content (AvgIpc) is 3.54. The Hall–Kier alpha value is -3.94. The van der Waals surface area contributed by atoms with Gasteiger partial charge in [-0.3, -0.25) is 4.79 Å². The van der Waals surface area contributed by atoms with Gasteiger partial charge in [0.05, 0.1) is 13.3 Å². The highest BCUT2D eigenvalue weighted by atomic mass is 19.1. The molecule has 1 atom stereocenters. The van der Waals surface area contributed by atoms with E-state index in [1.807, 2.05) is 24.3 Å². The van der Waals surface area contributed by atoms with Crippen LogP contribution in [0.5, 0.6) is 5.75 Å². The maximum absolute atomic E-state index is 13.3. The molecule has 8 heteroatoms. The molecule has 1 amide bonds. The molecule has 0 spiro atoms. The second-order valence-corrected chi connectivity index (χ2v) is 8.29. The lowest BCUT2D eigenvalue weighted by Gasteiger charge is -2.32. The van der Waals surface area contributed by atoms with Crippen molar-refractivity contribution in [1.29, 1.82) is 0 Å². The lowest BCUT2D eigenvalue weighted by atomic mass is 10.0. The Morgan fingerprint density at radius 2 is 2.03 bits per heavy atom. The Labute approximate surface area is 196 Å². The Morgan fingerprint density at radius 3 is 2.85 bits per heavy atom. The Balaban J connectivity index is 1.33. The molecule has 3 heterocycles. The van der Waals surface area contributed by atoms with Crippen molar-refractivity contribution in [2.75, 3.05) is 13.7 Å². The second-order valence-electron chi connectivity index (χ2n) is 8.29. The third kappa shape index (κ3) is 4.57. The summed E-state index contributed by atoms with van der Waals surface area (Å²) in [6, 6.07) is 15.0. The first kappa shape index (κ1) is 21.9. The molecule has 0 radical (unpaired) electrons. The van der Waals surface area contributed by atoms with Crippen molar-refractivity contribution >= 4 is 5.91 Å². The highest BCUT2D eigenvalue weighted by Gasteiger charge is 2.33. The van der Waals surface area contributed by atoms with Crippen molar-refractivity contribution in [3.63, 3.8) is 0 Å². The smallest absolute Gasteiger partial charge is 0.293 e. The summed E-state index contributed by atoms with van der Waals surface area (Å²) >= 11 is 0. The number of nitrogens with zero attached hydrogens (tertiary/aromatic N) is 3. The zero-order valence-electron chi connectivity index (χ0n) is 18.7.